The Morgan fingerprint density at radius 2 is 1.83 bits per heavy atom. The molecule has 0 radical (unpaired) electrons. The Hall–Kier alpha value is -4.47. The Balaban J connectivity index is 1.19. The fourth-order valence-corrected chi connectivity index (χ4v) is 4.28. The average molecular weight is 568 g/mol. The smallest absolute Gasteiger partial charge is 0.475 e. The minimum Gasteiger partial charge on any atom is -0.475 e. The van der Waals surface area contributed by atoms with Crippen LogP contribution in [-0.2, 0) is 17.7 Å². The first-order valence-corrected chi connectivity index (χ1v) is 12.9. The number of hydrogen-bond acceptors (Lipinski definition) is 8. The van der Waals surface area contributed by atoms with E-state index in [1.165, 1.54) is 12.1 Å². The molecule has 0 unspecified atom stereocenters. The first-order valence-electron chi connectivity index (χ1n) is 12.9. The maximum Gasteiger partial charge on any atom is 0.573 e. The van der Waals surface area contributed by atoms with Crippen molar-refractivity contribution in [3.8, 4) is 17.7 Å². The summed E-state index contributed by atoms with van der Waals surface area (Å²) in [6, 6.07) is 13.0. The van der Waals surface area contributed by atoms with Gasteiger partial charge in [0, 0.05) is 47.3 Å². The zero-order valence-electron chi connectivity index (χ0n) is 22.0. The first kappa shape index (κ1) is 29.5. The minimum absolute atomic E-state index is 0.0102. The van der Waals surface area contributed by atoms with E-state index in [1.54, 1.807) is 36.7 Å². The molecule has 2 heterocycles. The number of aromatic nitrogens is 2. The Bertz CT molecular complexity index is 1560. The molecule has 0 bridgehead atoms. The Morgan fingerprint density at radius 3 is 2.61 bits per heavy atom. The summed E-state index contributed by atoms with van der Waals surface area (Å²) in [7, 11) is 0. The third kappa shape index (κ3) is 8.51. The van der Waals surface area contributed by atoms with Gasteiger partial charge in [-0.1, -0.05) is 12.1 Å². The van der Waals surface area contributed by atoms with Crippen molar-refractivity contribution in [2.24, 2.45) is 5.73 Å². The monoisotopic (exact) mass is 567 g/mol. The predicted molar refractivity (Wildman–Crippen MR) is 145 cm³/mol. The molecule has 0 saturated carbocycles. The molecule has 0 aliphatic heterocycles. The fourth-order valence-electron chi connectivity index (χ4n) is 4.28. The molecular formula is C29H28F3N5O4. The summed E-state index contributed by atoms with van der Waals surface area (Å²) < 4.78 is 53.4. The Kier molecular flexibility index (Phi) is 9.89. The Morgan fingerprint density at radius 1 is 1.00 bits per heavy atom. The quantitative estimate of drug-likeness (QED) is 0.164. The van der Waals surface area contributed by atoms with Crippen molar-refractivity contribution in [3.63, 3.8) is 0 Å². The zero-order chi connectivity index (χ0) is 29.2. The van der Waals surface area contributed by atoms with Gasteiger partial charge in [0.05, 0.1) is 24.6 Å². The zero-order valence-corrected chi connectivity index (χ0v) is 22.0. The van der Waals surface area contributed by atoms with Crippen molar-refractivity contribution < 1.29 is 32.2 Å². The van der Waals surface area contributed by atoms with E-state index in [4.69, 9.17) is 20.5 Å². The van der Waals surface area contributed by atoms with E-state index >= 15 is 0 Å². The molecule has 2 aromatic carbocycles. The SMILES string of the molecule is N#CCc1cc(CNCCCCOCCOc2nc3cc(C(N)=O)ccc3c3cnccc23)cc(OC(F)(F)F)c1. The van der Waals surface area contributed by atoms with Gasteiger partial charge in [0.25, 0.3) is 0 Å². The van der Waals surface area contributed by atoms with Gasteiger partial charge in [-0.05, 0) is 60.8 Å². The summed E-state index contributed by atoms with van der Waals surface area (Å²) in [6.07, 6.45) is 0.125. The molecule has 0 aliphatic carbocycles. The second-order valence-corrected chi connectivity index (χ2v) is 9.15. The van der Waals surface area contributed by atoms with E-state index in [-0.39, 0.29) is 18.8 Å². The topological polar surface area (TPSA) is 132 Å². The number of nitrogens with two attached hydrogens (primary N) is 1. The van der Waals surface area contributed by atoms with Gasteiger partial charge in [0.1, 0.15) is 12.4 Å². The number of rotatable bonds is 14. The Labute approximate surface area is 234 Å². The number of ether oxygens (including phenoxy) is 3. The van der Waals surface area contributed by atoms with Crippen LogP contribution in [0.15, 0.2) is 54.9 Å². The van der Waals surface area contributed by atoms with Crippen LogP contribution in [-0.4, -0.2) is 48.6 Å². The number of primary amides is 1. The highest BCUT2D eigenvalue weighted by molar-refractivity contribution is 6.09. The van der Waals surface area contributed by atoms with Crippen LogP contribution < -0.4 is 20.5 Å². The van der Waals surface area contributed by atoms with Gasteiger partial charge in [-0.2, -0.15) is 5.26 Å². The lowest BCUT2D eigenvalue weighted by molar-refractivity contribution is -0.274. The lowest BCUT2D eigenvalue weighted by Crippen LogP contribution is -2.18. The summed E-state index contributed by atoms with van der Waals surface area (Å²) in [5, 5.41) is 14.5. The summed E-state index contributed by atoms with van der Waals surface area (Å²) in [5.74, 6) is -0.468. The van der Waals surface area contributed by atoms with E-state index in [0.29, 0.717) is 54.4 Å². The third-order valence-corrected chi connectivity index (χ3v) is 6.08. The van der Waals surface area contributed by atoms with Crippen molar-refractivity contribution in [3.05, 3.63) is 71.5 Å². The number of nitrogens with zero attached hydrogens (tertiary/aromatic N) is 3. The maximum atomic E-state index is 12.6. The van der Waals surface area contributed by atoms with E-state index in [2.05, 4.69) is 20.0 Å². The molecule has 4 aromatic rings. The van der Waals surface area contributed by atoms with Gasteiger partial charge < -0.3 is 25.3 Å². The van der Waals surface area contributed by atoms with Crippen molar-refractivity contribution in [1.82, 2.24) is 15.3 Å². The van der Waals surface area contributed by atoms with Crippen LogP contribution in [0, 0.1) is 11.3 Å². The van der Waals surface area contributed by atoms with Gasteiger partial charge in [-0.3, -0.25) is 9.78 Å². The van der Waals surface area contributed by atoms with E-state index < -0.39 is 12.3 Å². The van der Waals surface area contributed by atoms with Crippen molar-refractivity contribution in [2.75, 3.05) is 26.4 Å². The molecule has 214 valence electrons. The van der Waals surface area contributed by atoms with Gasteiger partial charge in [0.15, 0.2) is 0 Å². The molecular weight excluding hydrogens is 539 g/mol. The highest BCUT2D eigenvalue weighted by Gasteiger charge is 2.31. The molecule has 0 aliphatic rings. The predicted octanol–water partition coefficient (Wildman–Crippen LogP) is 4.81. The average Bonchev–Trinajstić information content (AvgIpc) is 2.92. The van der Waals surface area contributed by atoms with Crippen molar-refractivity contribution >= 4 is 27.6 Å². The number of amides is 1. The molecule has 9 nitrogen and oxygen atoms in total. The number of carbonyl (C=O) groups excluding carboxylic acids is 1. The molecule has 0 saturated heterocycles. The van der Waals surface area contributed by atoms with Gasteiger partial charge in [-0.25, -0.2) is 4.98 Å². The van der Waals surface area contributed by atoms with E-state index in [0.717, 1.165) is 29.0 Å². The van der Waals surface area contributed by atoms with Crippen LogP contribution in [0.4, 0.5) is 13.2 Å². The van der Waals surface area contributed by atoms with Crippen LogP contribution in [0.3, 0.4) is 0 Å². The number of alkyl halides is 3. The van der Waals surface area contributed by atoms with Gasteiger partial charge >= 0.3 is 6.36 Å². The lowest BCUT2D eigenvalue weighted by atomic mass is 10.1. The molecule has 0 spiro atoms. The summed E-state index contributed by atoms with van der Waals surface area (Å²) in [6.45, 7) is 2.08. The van der Waals surface area contributed by atoms with Gasteiger partial charge in [-0.15, -0.1) is 13.2 Å². The summed E-state index contributed by atoms with van der Waals surface area (Å²) in [4.78, 5) is 20.4. The highest BCUT2D eigenvalue weighted by atomic mass is 19.4. The maximum absolute atomic E-state index is 12.6. The number of halogens is 3. The number of hydrogen-bond donors (Lipinski definition) is 2. The summed E-state index contributed by atoms with van der Waals surface area (Å²) in [5.41, 5.74) is 7.39. The molecule has 0 atom stereocenters. The largest absolute Gasteiger partial charge is 0.573 e. The second-order valence-electron chi connectivity index (χ2n) is 9.15. The van der Waals surface area contributed by atoms with Crippen molar-refractivity contribution in [1.29, 1.82) is 5.26 Å². The number of pyridine rings is 2. The van der Waals surface area contributed by atoms with E-state index in [1.807, 2.05) is 12.1 Å². The second kappa shape index (κ2) is 13.7. The molecule has 12 heteroatoms. The molecule has 4 rings (SSSR count). The normalized spacial score (nSPS) is 11.5. The fraction of sp³-hybridized carbons (Fsp3) is 0.310. The van der Waals surface area contributed by atoms with Crippen LogP contribution >= 0.6 is 0 Å². The molecule has 2 aromatic heterocycles. The number of unbranched alkanes of at least 4 members (excludes halogenated alkanes) is 1. The number of nitriles is 1. The number of fused-ring (bicyclic) bond motifs is 3. The lowest BCUT2D eigenvalue weighted by Gasteiger charge is -2.13. The van der Waals surface area contributed by atoms with Gasteiger partial charge in [0.2, 0.25) is 11.8 Å². The number of carbonyl (C=O) groups is 1. The standard InChI is InChI=1S/C29H28F3N5O4/c30-29(31,32)41-22-14-19(5-7-33)13-20(15-22)17-35-8-1-2-10-39-11-12-40-28-24-6-9-36-18-25(24)23-4-3-21(27(34)38)16-26(23)37-28/h3-4,6,9,13-16,18,35H,1-2,5,8,10-12,17H2,(H2,34,38). The minimum atomic E-state index is -4.80. The first-order chi connectivity index (χ1) is 19.7. The summed E-state index contributed by atoms with van der Waals surface area (Å²) >= 11 is 0. The van der Waals surface area contributed by atoms with Crippen molar-refractivity contribution in [2.45, 2.75) is 32.2 Å². The molecule has 1 amide bonds. The number of benzene rings is 2. The molecule has 41 heavy (non-hydrogen) atoms. The van der Waals surface area contributed by atoms with E-state index in [9.17, 15) is 18.0 Å². The van der Waals surface area contributed by atoms with Crippen LogP contribution in [0.5, 0.6) is 11.6 Å². The van der Waals surface area contributed by atoms with Crippen LogP contribution in [0.1, 0.15) is 34.3 Å². The van der Waals surface area contributed by atoms with Crippen LogP contribution in [0.2, 0.25) is 0 Å². The molecule has 0 fully saturated rings. The third-order valence-electron chi connectivity index (χ3n) is 6.08. The molecule has 3 N–H and O–H groups in total. The highest BCUT2D eigenvalue weighted by Crippen LogP contribution is 2.30. The van der Waals surface area contributed by atoms with Crippen LogP contribution in [0.25, 0.3) is 21.7 Å². The number of nitrogens with one attached hydrogen (secondary N) is 1.